The highest BCUT2D eigenvalue weighted by molar-refractivity contribution is 6.22. The van der Waals surface area contributed by atoms with E-state index in [0.29, 0.717) is 0 Å². The Morgan fingerprint density at radius 1 is 0.446 bits per heavy atom. The second kappa shape index (κ2) is 12.0. The summed E-state index contributed by atoms with van der Waals surface area (Å²) in [5.41, 5.74) is 13.1. The zero-order valence-electron chi connectivity index (χ0n) is 33.1. The summed E-state index contributed by atoms with van der Waals surface area (Å²) in [6, 6.07) is 41.7. The summed E-state index contributed by atoms with van der Waals surface area (Å²) in [4.78, 5) is 14.8. The van der Waals surface area contributed by atoms with Gasteiger partial charge in [0.05, 0.1) is 11.1 Å². The fraction of sp³-hybridized carbons (Fsp3) is 0.308. The zero-order valence-corrected chi connectivity index (χ0v) is 33.1. The van der Waals surface area contributed by atoms with Crippen LogP contribution in [-0.2, 0) is 10.8 Å². The van der Waals surface area contributed by atoms with Gasteiger partial charge in [-0.25, -0.2) is 0 Å². The molecule has 2 saturated carbocycles. The van der Waals surface area contributed by atoms with Gasteiger partial charge in [-0.05, 0) is 132 Å². The lowest BCUT2D eigenvalue weighted by Gasteiger charge is -2.50. The van der Waals surface area contributed by atoms with Crippen LogP contribution in [0.25, 0.3) is 43.8 Å². The van der Waals surface area contributed by atoms with E-state index >= 15 is 0 Å². The molecule has 4 heteroatoms. The van der Waals surface area contributed by atoms with Gasteiger partial charge in [0.25, 0.3) is 0 Å². The van der Waals surface area contributed by atoms with Gasteiger partial charge in [0.15, 0.2) is 0 Å². The van der Waals surface area contributed by atoms with Crippen molar-refractivity contribution in [1.82, 2.24) is 9.97 Å². The van der Waals surface area contributed by atoms with E-state index < -0.39 is 0 Å². The van der Waals surface area contributed by atoms with Crippen molar-refractivity contribution in [3.63, 3.8) is 0 Å². The summed E-state index contributed by atoms with van der Waals surface area (Å²) in [5.74, 6) is 0. The van der Waals surface area contributed by atoms with E-state index in [-0.39, 0.29) is 21.9 Å². The summed E-state index contributed by atoms with van der Waals surface area (Å²) in [6.45, 7) is 10.1. The minimum absolute atomic E-state index is 0.0231. The molecule has 11 rings (SSSR count). The third-order valence-corrected chi connectivity index (χ3v) is 15.5. The Kier molecular flexibility index (Phi) is 7.25. The molecule has 2 fully saturated rings. The SMILES string of the molecule is CC12CCCCC1(C)N(c1ccc3c(-c4cccnc4)c4cc(N5c6ccccc6C6(C)CCCCC56C)ccc4c(-c4cccnc4)c3c1)c1ccccc12. The summed E-state index contributed by atoms with van der Waals surface area (Å²) in [5, 5.41) is 4.98. The van der Waals surface area contributed by atoms with Gasteiger partial charge < -0.3 is 9.80 Å². The molecule has 4 heterocycles. The molecule has 4 nitrogen and oxygen atoms in total. The van der Waals surface area contributed by atoms with Crippen molar-refractivity contribution in [2.45, 2.75) is 101 Å². The van der Waals surface area contributed by atoms with E-state index in [9.17, 15) is 0 Å². The number of hydrogen-bond acceptors (Lipinski definition) is 4. The van der Waals surface area contributed by atoms with Gasteiger partial charge in [0.1, 0.15) is 0 Å². The third-order valence-electron chi connectivity index (χ3n) is 15.5. The Bertz CT molecular complexity index is 2500. The summed E-state index contributed by atoms with van der Waals surface area (Å²) in [6.07, 6.45) is 17.7. The molecule has 278 valence electrons. The van der Waals surface area contributed by atoms with Gasteiger partial charge in [-0.15, -0.1) is 0 Å². The second-order valence-corrected chi connectivity index (χ2v) is 18.0. The minimum Gasteiger partial charge on any atom is -0.334 e. The molecule has 2 aromatic heterocycles. The number of fused-ring (bicyclic) bond motifs is 8. The predicted octanol–water partition coefficient (Wildman–Crippen LogP) is 13.6. The van der Waals surface area contributed by atoms with Crippen LogP contribution < -0.4 is 9.80 Å². The van der Waals surface area contributed by atoms with Gasteiger partial charge in [0, 0.05) is 69.5 Å². The molecule has 7 aromatic rings. The van der Waals surface area contributed by atoms with Gasteiger partial charge >= 0.3 is 0 Å². The van der Waals surface area contributed by atoms with Crippen LogP contribution in [0.3, 0.4) is 0 Å². The molecule has 2 aliphatic heterocycles. The van der Waals surface area contributed by atoms with Crippen molar-refractivity contribution in [2.75, 3.05) is 9.80 Å². The molecular formula is C52H50N4. The van der Waals surface area contributed by atoms with Crippen LogP contribution in [0.5, 0.6) is 0 Å². The van der Waals surface area contributed by atoms with Crippen LogP contribution in [0.15, 0.2) is 134 Å². The number of hydrogen-bond donors (Lipinski definition) is 0. The average Bonchev–Trinajstić information content (AvgIpc) is 3.58. The lowest BCUT2D eigenvalue weighted by Crippen LogP contribution is -2.54. The molecule has 56 heavy (non-hydrogen) atoms. The lowest BCUT2D eigenvalue weighted by atomic mass is 9.61. The molecule has 0 N–H and O–H groups in total. The van der Waals surface area contributed by atoms with E-state index in [4.69, 9.17) is 9.97 Å². The number of para-hydroxylation sites is 2. The largest absolute Gasteiger partial charge is 0.334 e. The standard InChI is InChI=1S/C52H50N4/c1-49-25-9-11-27-51(49,3)55(45-19-7-5-17-43(45)49)37-21-23-39-41(31-37)47(35-15-13-29-53-33-35)40-24-22-38(32-42(40)48(39)36-16-14-30-54-34-36)56-46-20-8-6-18-44(46)50(2)26-10-12-28-52(50,56)4/h5-8,13-24,29-34H,9-12,25-28H2,1-4H3. The molecule has 0 radical (unpaired) electrons. The van der Waals surface area contributed by atoms with Crippen molar-refractivity contribution in [2.24, 2.45) is 0 Å². The van der Waals surface area contributed by atoms with E-state index in [2.05, 4.69) is 159 Å². The van der Waals surface area contributed by atoms with Gasteiger partial charge in [-0.1, -0.05) is 100 Å². The maximum Gasteiger partial charge on any atom is 0.0517 e. The molecule has 2 aliphatic carbocycles. The highest BCUT2D eigenvalue weighted by Crippen LogP contribution is 2.63. The highest BCUT2D eigenvalue weighted by atomic mass is 15.3. The second-order valence-electron chi connectivity index (χ2n) is 18.0. The monoisotopic (exact) mass is 730 g/mol. The number of aromatic nitrogens is 2. The number of nitrogens with zero attached hydrogens (tertiary/aromatic N) is 4. The summed E-state index contributed by atoms with van der Waals surface area (Å²) in [7, 11) is 0. The van der Waals surface area contributed by atoms with E-state index in [1.54, 1.807) is 0 Å². The maximum absolute atomic E-state index is 4.70. The fourth-order valence-corrected chi connectivity index (χ4v) is 12.3. The summed E-state index contributed by atoms with van der Waals surface area (Å²) >= 11 is 0. The smallest absolute Gasteiger partial charge is 0.0517 e. The first kappa shape index (κ1) is 33.8. The number of anilines is 4. The topological polar surface area (TPSA) is 32.3 Å². The fourth-order valence-electron chi connectivity index (χ4n) is 12.3. The van der Waals surface area contributed by atoms with Crippen LogP contribution in [0.1, 0.15) is 90.2 Å². The van der Waals surface area contributed by atoms with E-state index in [1.165, 1.54) is 118 Å². The maximum atomic E-state index is 4.70. The molecule has 0 spiro atoms. The minimum atomic E-state index is -0.0231. The van der Waals surface area contributed by atoms with Crippen molar-refractivity contribution in [1.29, 1.82) is 0 Å². The van der Waals surface area contributed by atoms with Gasteiger partial charge in [0.2, 0.25) is 0 Å². The molecule has 4 unspecified atom stereocenters. The average molecular weight is 731 g/mol. The highest BCUT2D eigenvalue weighted by Gasteiger charge is 2.58. The van der Waals surface area contributed by atoms with Crippen LogP contribution in [-0.4, -0.2) is 21.0 Å². The van der Waals surface area contributed by atoms with Crippen LogP contribution in [0.4, 0.5) is 22.7 Å². The van der Waals surface area contributed by atoms with Crippen LogP contribution in [0, 0.1) is 0 Å². The normalized spacial score (nSPS) is 26.6. The number of pyridine rings is 2. The van der Waals surface area contributed by atoms with Crippen molar-refractivity contribution in [3.8, 4) is 22.3 Å². The predicted molar refractivity (Wildman–Crippen MR) is 234 cm³/mol. The van der Waals surface area contributed by atoms with Crippen molar-refractivity contribution < 1.29 is 0 Å². The first-order chi connectivity index (χ1) is 27.3. The van der Waals surface area contributed by atoms with Crippen LogP contribution in [0.2, 0.25) is 0 Å². The third kappa shape index (κ3) is 4.36. The van der Waals surface area contributed by atoms with Crippen molar-refractivity contribution >= 4 is 44.3 Å². The number of benzene rings is 5. The quantitative estimate of drug-likeness (QED) is 0.169. The molecule has 0 saturated heterocycles. The van der Waals surface area contributed by atoms with E-state index in [0.717, 1.165) is 11.1 Å². The first-order valence-corrected chi connectivity index (χ1v) is 20.9. The molecule has 4 aliphatic rings. The Morgan fingerprint density at radius 3 is 1.30 bits per heavy atom. The van der Waals surface area contributed by atoms with Crippen LogP contribution >= 0.6 is 0 Å². The molecular weight excluding hydrogens is 681 g/mol. The molecule has 0 bridgehead atoms. The Balaban J connectivity index is 1.21. The Hall–Kier alpha value is -5.48. The van der Waals surface area contributed by atoms with Crippen molar-refractivity contribution in [3.05, 3.63) is 145 Å². The Morgan fingerprint density at radius 2 is 0.875 bits per heavy atom. The lowest BCUT2D eigenvalue weighted by molar-refractivity contribution is 0.195. The van der Waals surface area contributed by atoms with Gasteiger partial charge in [-0.2, -0.15) is 0 Å². The number of rotatable bonds is 4. The molecule has 4 atom stereocenters. The summed E-state index contributed by atoms with van der Waals surface area (Å²) < 4.78 is 0. The van der Waals surface area contributed by atoms with E-state index in [1.807, 2.05) is 12.4 Å². The molecule has 5 aromatic carbocycles. The Labute approximate surface area is 331 Å². The van der Waals surface area contributed by atoms with Gasteiger partial charge in [-0.3, -0.25) is 9.97 Å². The zero-order chi connectivity index (χ0) is 37.9. The first-order valence-electron chi connectivity index (χ1n) is 20.9. The molecule has 0 amide bonds.